The summed E-state index contributed by atoms with van der Waals surface area (Å²) in [6.07, 6.45) is -8.34. The van der Waals surface area contributed by atoms with Crippen LogP contribution < -0.4 is 10.0 Å². The minimum absolute atomic E-state index is 0.0777. The van der Waals surface area contributed by atoms with Crippen LogP contribution in [0.4, 0.5) is 5.82 Å². The largest absolute Gasteiger partial charge is 0.483 e. The number of ether oxygens (including phenoxy) is 3. The lowest BCUT2D eigenvalue weighted by atomic mass is 10.1. The van der Waals surface area contributed by atoms with Crippen LogP contribution in [-0.2, 0) is 41.5 Å². The van der Waals surface area contributed by atoms with Crippen LogP contribution >= 0.6 is 15.6 Å². The number of anilines is 1. The summed E-state index contributed by atoms with van der Waals surface area (Å²) < 4.78 is 57.7. The number of rotatable bonds is 18. The highest BCUT2D eigenvalue weighted by molar-refractivity contribution is 7.61. The van der Waals surface area contributed by atoms with Crippen molar-refractivity contribution in [2.45, 2.75) is 56.2 Å². The number of pyridine rings is 1. The van der Waals surface area contributed by atoms with Crippen molar-refractivity contribution in [2.75, 3.05) is 38.5 Å². The number of ketones is 1. The highest BCUT2D eigenvalue weighted by Gasteiger charge is 2.53. The molecule has 0 bridgehead atoms. The number of carbonyl (C=O) groups excluding carboxylic acids is 1. The average molecular weight is 779 g/mol. The molecule has 0 saturated carbocycles. The molecule has 3 aromatic rings. The van der Waals surface area contributed by atoms with E-state index in [1.807, 2.05) is 0 Å². The predicted molar refractivity (Wildman–Crippen MR) is 166 cm³/mol. The molecule has 52 heavy (non-hydrogen) atoms. The van der Waals surface area contributed by atoms with Gasteiger partial charge >= 0.3 is 15.6 Å². The Bertz CT molecular complexity index is 1870. The van der Waals surface area contributed by atoms with Gasteiger partial charge in [0.05, 0.1) is 38.3 Å². The zero-order valence-electron chi connectivity index (χ0n) is 26.9. The molecule has 284 valence electrons. The zero-order chi connectivity index (χ0) is 37.6. The van der Waals surface area contributed by atoms with Gasteiger partial charge in [-0.25, -0.2) is 29.6 Å². The van der Waals surface area contributed by atoms with E-state index in [9.17, 15) is 44.1 Å². The maximum Gasteiger partial charge on any atom is 0.483 e. The summed E-state index contributed by atoms with van der Waals surface area (Å²) >= 11 is 0. The SMILES string of the molecule is CC(=O)c1ccc[n+]([C@H]2O[C@@H](OP(=O)(O)OP(=O)(O)OC[C@H]3O[C@@H](n4cnc5c(NOCCOCCN=[N+]=[N-])ncnc54)C(O)C3O)C(O)C2O)c1. The number of phosphoric ester groups is 2. The smallest absolute Gasteiger partial charge is 0.387 e. The van der Waals surface area contributed by atoms with E-state index in [0.717, 1.165) is 6.33 Å². The first-order valence-electron chi connectivity index (χ1n) is 15.1. The lowest BCUT2D eigenvalue weighted by molar-refractivity contribution is -0.767. The lowest BCUT2D eigenvalue weighted by Gasteiger charge is -2.21. The van der Waals surface area contributed by atoms with Crippen molar-refractivity contribution in [1.29, 1.82) is 0 Å². The number of Topliss-reactive ketones (excluding diaryl/α,β-unsaturated/α-hetero) is 1. The van der Waals surface area contributed by atoms with Crippen molar-refractivity contribution in [1.82, 2.24) is 19.5 Å². The third-order valence-corrected chi connectivity index (χ3v) is 10.0. The maximum absolute atomic E-state index is 12.6. The first kappa shape index (κ1) is 39.6. The third-order valence-electron chi connectivity index (χ3n) is 7.43. The van der Waals surface area contributed by atoms with Crippen LogP contribution in [0.2, 0.25) is 0 Å². The fourth-order valence-electron chi connectivity index (χ4n) is 4.98. The molecule has 10 atom stereocenters. The second kappa shape index (κ2) is 17.0. The number of hydrogen-bond acceptors (Lipinski definition) is 19. The van der Waals surface area contributed by atoms with Crippen molar-refractivity contribution >= 4 is 38.4 Å². The molecule has 3 aromatic heterocycles. The van der Waals surface area contributed by atoms with Crippen molar-refractivity contribution in [3.8, 4) is 0 Å². The Balaban J connectivity index is 1.15. The Kier molecular flexibility index (Phi) is 13.0. The third kappa shape index (κ3) is 9.50. The minimum Gasteiger partial charge on any atom is -0.387 e. The van der Waals surface area contributed by atoms with Crippen molar-refractivity contribution in [3.63, 3.8) is 0 Å². The van der Waals surface area contributed by atoms with Crippen molar-refractivity contribution < 1.29 is 81.1 Å². The molecule has 0 radical (unpaired) electrons. The van der Waals surface area contributed by atoms with Gasteiger partial charge in [-0.15, -0.1) is 0 Å². The van der Waals surface area contributed by atoms with E-state index >= 15 is 0 Å². The van der Waals surface area contributed by atoms with E-state index in [0.29, 0.717) is 0 Å². The monoisotopic (exact) mass is 778 g/mol. The van der Waals surface area contributed by atoms with Crippen LogP contribution in [0.15, 0.2) is 42.3 Å². The number of hydrogen-bond donors (Lipinski definition) is 7. The molecule has 5 rings (SSSR count). The first-order chi connectivity index (χ1) is 24.7. The molecule has 2 aliphatic rings. The van der Waals surface area contributed by atoms with E-state index < -0.39 is 71.5 Å². The topological polar surface area (TPSA) is 345 Å². The Hall–Kier alpha value is -3.58. The van der Waals surface area contributed by atoms with Crippen LogP contribution in [0, 0.1) is 0 Å². The fraction of sp³-hybridized carbons (Fsp3) is 0.560. The van der Waals surface area contributed by atoms with Crippen LogP contribution in [0.5, 0.6) is 0 Å². The summed E-state index contributed by atoms with van der Waals surface area (Å²) in [4.78, 5) is 52.3. The number of aromatic nitrogens is 5. The van der Waals surface area contributed by atoms with E-state index in [1.165, 1.54) is 46.9 Å². The van der Waals surface area contributed by atoms with Crippen LogP contribution in [0.25, 0.3) is 21.6 Å². The van der Waals surface area contributed by atoms with Gasteiger partial charge in [0.1, 0.15) is 30.7 Å². The molecule has 7 N–H and O–H groups in total. The van der Waals surface area contributed by atoms with Gasteiger partial charge in [-0.2, -0.15) is 8.88 Å². The van der Waals surface area contributed by atoms with Gasteiger partial charge in [-0.05, 0) is 18.5 Å². The molecule has 2 fully saturated rings. The van der Waals surface area contributed by atoms with E-state index in [2.05, 4.69) is 34.8 Å². The molecular weight excluding hydrogens is 744 g/mol. The summed E-state index contributed by atoms with van der Waals surface area (Å²) in [5.41, 5.74) is 11.4. The van der Waals surface area contributed by atoms with Crippen LogP contribution in [0.1, 0.15) is 29.7 Å². The Morgan fingerprint density at radius 3 is 2.62 bits per heavy atom. The van der Waals surface area contributed by atoms with Gasteiger partial charge in [0, 0.05) is 17.5 Å². The zero-order valence-corrected chi connectivity index (χ0v) is 28.6. The molecule has 25 nitrogen and oxygen atoms in total. The first-order valence-corrected chi connectivity index (χ1v) is 18.1. The number of azide groups is 1. The number of aliphatic hydroxyl groups is 4. The Morgan fingerprint density at radius 2 is 1.87 bits per heavy atom. The number of nitrogens with zero attached hydrogens (tertiary/aromatic N) is 8. The second-order valence-corrected chi connectivity index (χ2v) is 14.0. The van der Waals surface area contributed by atoms with Crippen LogP contribution in [-0.4, -0.2) is 125 Å². The molecule has 2 saturated heterocycles. The molecule has 0 aliphatic carbocycles. The Labute approximate surface area is 292 Å². The Morgan fingerprint density at radius 1 is 1.08 bits per heavy atom. The molecule has 5 heterocycles. The predicted octanol–water partition coefficient (Wildman–Crippen LogP) is -0.866. The van der Waals surface area contributed by atoms with E-state index in [-0.39, 0.29) is 54.7 Å². The molecule has 0 amide bonds. The molecule has 2 aliphatic heterocycles. The number of nitrogens with one attached hydrogen (secondary N) is 1. The molecule has 27 heteroatoms. The van der Waals surface area contributed by atoms with Gasteiger partial charge in [-0.3, -0.25) is 28.0 Å². The van der Waals surface area contributed by atoms with Gasteiger partial charge in [0.2, 0.25) is 6.29 Å². The number of imidazole rings is 1. The number of aliphatic hydroxyl groups excluding tert-OH is 4. The number of carbonyl (C=O) groups is 1. The van der Waals surface area contributed by atoms with Crippen molar-refractivity contribution in [3.05, 3.63) is 53.2 Å². The minimum atomic E-state index is -5.58. The van der Waals surface area contributed by atoms with Gasteiger partial charge < -0.3 is 39.7 Å². The van der Waals surface area contributed by atoms with E-state index in [4.69, 9.17) is 33.6 Å². The quantitative estimate of drug-likeness (QED) is 0.0121. The number of phosphoric acid groups is 2. The summed E-state index contributed by atoms with van der Waals surface area (Å²) in [6.45, 7) is 0.939. The molecule has 0 aromatic carbocycles. The van der Waals surface area contributed by atoms with Gasteiger partial charge in [-0.1, -0.05) is 5.11 Å². The van der Waals surface area contributed by atoms with Crippen LogP contribution in [0.3, 0.4) is 0 Å². The summed E-state index contributed by atoms with van der Waals surface area (Å²) in [5.74, 6) is -0.192. The van der Waals surface area contributed by atoms with E-state index in [1.54, 1.807) is 0 Å². The molecular formula is C25H34N9O16P2+. The highest BCUT2D eigenvalue weighted by atomic mass is 31.3. The summed E-state index contributed by atoms with van der Waals surface area (Å²) in [7, 11) is -11.1. The fourth-order valence-corrected chi connectivity index (χ4v) is 7.13. The maximum atomic E-state index is 12.6. The number of fused-ring (bicyclic) bond motifs is 1. The van der Waals surface area contributed by atoms with Gasteiger partial charge in [0.15, 0.2) is 47.5 Å². The summed E-state index contributed by atoms with van der Waals surface area (Å²) in [6, 6.07) is 2.93. The average Bonchev–Trinajstić information content (AvgIpc) is 3.74. The molecule has 6 unspecified atom stereocenters. The second-order valence-electron chi connectivity index (χ2n) is 11.0. The van der Waals surface area contributed by atoms with Gasteiger partial charge in [0.25, 0.3) is 6.23 Å². The molecule has 0 spiro atoms. The summed E-state index contributed by atoms with van der Waals surface area (Å²) in [5, 5.41) is 45.5. The lowest BCUT2D eigenvalue weighted by Crippen LogP contribution is -2.46. The highest BCUT2D eigenvalue weighted by Crippen LogP contribution is 2.61. The standard InChI is InChI=1S/C25H33N9O16P2/c1-13(35)14-3-2-5-33(9-14)23-19(38)20(39)25(48-23)49-52(42,43)50-51(40,41)46-10-15-17(36)18(37)24(47-15)34-12-29-16-21(27-11-28-22(16)34)31-45-8-7-44-6-4-30-32-26/h2-3,5,9,11-12,15,17-20,23-25,36-39H,4,6-8,10H2,1H3,(H2-,27,28,31,40,41,42,43)/p+1/t15-,17?,18?,19?,20?,23+,24-,25+/m1/s1. The van der Waals surface area contributed by atoms with Crippen molar-refractivity contribution in [2.24, 2.45) is 5.11 Å². The normalized spacial score (nSPS) is 28.3.